The Morgan fingerprint density at radius 1 is 0.982 bits per heavy atom. The average molecular weight is 751 g/mol. The summed E-state index contributed by atoms with van der Waals surface area (Å²) in [5.74, 6) is 0.839. The van der Waals surface area contributed by atoms with E-state index in [1.807, 2.05) is 29.2 Å². The van der Waals surface area contributed by atoms with Crippen molar-refractivity contribution < 1.29 is 39.6 Å². The summed E-state index contributed by atoms with van der Waals surface area (Å²) in [5.41, 5.74) is 3.25. The molecule has 8 N–H and O–H groups in total. The molecule has 18 nitrogen and oxygen atoms in total. The number of phenols is 2. The predicted molar refractivity (Wildman–Crippen MR) is 196 cm³/mol. The summed E-state index contributed by atoms with van der Waals surface area (Å²) in [7, 11) is 0. The second-order valence-electron chi connectivity index (χ2n) is 13.4. The van der Waals surface area contributed by atoms with Gasteiger partial charge in [-0.3, -0.25) is 9.55 Å². The first-order valence-electron chi connectivity index (χ1n) is 17.6. The van der Waals surface area contributed by atoms with Gasteiger partial charge in [-0.05, 0) is 53.9 Å². The van der Waals surface area contributed by atoms with E-state index in [0.717, 1.165) is 11.1 Å². The fourth-order valence-corrected chi connectivity index (χ4v) is 6.91. The van der Waals surface area contributed by atoms with Gasteiger partial charge in [-0.15, -0.1) is 0 Å². The van der Waals surface area contributed by atoms with Crippen molar-refractivity contribution in [1.29, 1.82) is 0 Å². The van der Waals surface area contributed by atoms with Crippen molar-refractivity contribution in [2.45, 2.75) is 49.5 Å². The van der Waals surface area contributed by atoms with E-state index in [1.165, 1.54) is 17.0 Å². The van der Waals surface area contributed by atoms with Crippen LogP contribution in [-0.2, 0) is 11.3 Å². The van der Waals surface area contributed by atoms with Crippen LogP contribution in [0.15, 0.2) is 90.0 Å². The number of urea groups is 1. The number of hydrogen-bond acceptors (Lipinski definition) is 15. The largest absolute Gasteiger partial charge is 0.508 e. The molecule has 2 saturated heterocycles. The molecule has 0 bridgehead atoms. The van der Waals surface area contributed by atoms with Crippen LogP contribution in [-0.4, -0.2) is 99.1 Å². The van der Waals surface area contributed by atoms with Gasteiger partial charge in [-0.1, -0.05) is 29.4 Å². The number of aliphatic hydroxyl groups excluding tert-OH is 3. The molecule has 2 amide bonds. The van der Waals surface area contributed by atoms with Crippen LogP contribution in [0.25, 0.3) is 11.2 Å². The van der Waals surface area contributed by atoms with Crippen LogP contribution < -0.4 is 20.9 Å². The third-order valence-corrected chi connectivity index (χ3v) is 9.73. The third-order valence-electron chi connectivity index (χ3n) is 9.73. The summed E-state index contributed by atoms with van der Waals surface area (Å²) in [6.45, 7) is 0.852. The lowest BCUT2D eigenvalue weighted by Gasteiger charge is -2.22. The van der Waals surface area contributed by atoms with Gasteiger partial charge in [0.15, 0.2) is 29.0 Å². The Balaban J connectivity index is 1.11. The smallest absolute Gasteiger partial charge is 0.319 e. The molecule has 0 saturated carbocycles. The molecule has 0 aliphatic carbocycles. The number of amides is 2. The van der Waals surface area contributed by atoms with Gasteiger partial charge >= 0.3 is 6.03 Å². The monoisotopic (exact) mass is 750 g/mol. The number of carbonyl (C=O) groups excluding carboxylic acids is 1. The minimum atomic E-state index is -1.42. The lowest BCUT2D eigenvalue weighted by Crippen LogP contribution is -2.40. The van der Waals surface area contributed by atoms with Crippen molar-refractivity contribution in [2.75, 3.05) is 35.2 Å². The highest BCUT2D eigenvalue weighted by Crippen LogP contribution is 2.41. The number of aromatic hydroxyl groups is 2. The van der Waals surface area contributed by atoms with Crippen LogP contribution in [0, 0.1) is 0 Å². The zero-order valence-corrected chi connectivity index (χ0v) is 29.2. The Hall–Kier alpha value is -6.34. The van der Waals surface area contributed by atoms with Crippen LogP contribution in [0.1, 0.15) is 47.3 Å². The van der Waals surface area contributed by atoms with Crippen LogP contribution in [0.2, 0.25) is 0 Å². The number of nitrogens with zero attached hydrogens (tertiary/aromatic N) is 7. The molecule has 0 spiro atoms. The van der Waals surface area contributed by atoms with E-state index in [9.17, 15) is 30.3 Å². The van der Waals surface area contributed by atoms with Gasteiger partial charge in [-0.2, -0.15) is 9.97 Å². The molecule has 8 rings (SSSR count). The summed E-state index contributed by atoms with van der Waals surface area (Å²) < 4.78 is 13.0. The molecule has 55 heavy (non-hydrogen) atoms. The van der Waals surface area contributed by atoms with E-state index in [-0.39, 0.29) is 47.6 Å². The fourth-order valence-electron chi connectivity index (χ4n) is 6.91. The number of anilines is 3. The van der Waals surface area contributed by atoms with Gasteiger partial charge in [0, 0.05) is 43.9 Å². The van der Waals surface area contributed by atoms with Crippen molar-refractivity contribution in [3.05, 3.63) is 108 Å². The van der Waals surface area contributed by atoms with Gasteiger partial charge in [-0.25, -0.2) is 9.78 Å². The molecule has 2 aliphatic rings. The number of aliphatic hydroxyl groups is 3. The molecule has 0 radical (unpaired) electrons. The van der Waals surface area contributed by atoms with Crippen molar-refractivity contribution in [1.82, 2.24) is 35.0 Å². The highest BCUT2D eigenvalue weighted by atomic mass is 16.6. The second-order valence-corrected chi connectivity index (χ2v) is 13.4. The summed E-state index contributed by atoms with van der Waals surface area (Å²) in [6, 6.07) is 18.1. The second kappa shape index (κ2) is 15.2. The predicted octanol–water partition coefficient (Wildman–Crippen LogP) is 2.75. The van der Waals surface area contributed by atoms with E-state index < -0.39 is 24.5 Å². The first kappa shape index (κ1) is 35.7. The Kier molecular flexibility index (Phi) is 9.85. The van der Waals surface area contributed by atoms with Crippen LogP contribution in [0.4, 0.5) is 22.2 Å². The zero-order chi connectivity index (χ0) is 38.1. The quantitative estimate of drug-likeness (QED) is 0.0948. The normalized spacial score (nSPS) is 21.0. The molecule has 18 heteroatoms. The van der Waals surface area contributed by atoms with E-state index >= 15 is 0 Å². The topological polar surface area (TPSA) is 249 Å². The zero-order valence-electron chi connectivity index (χ0n) is 29.2. The maximum atomic E-state index is 12.8. The lowest BCUT2D eigenvalue weighted by atomic mass is 9.91. The van der Waals surface area contributed by atoms with Gasteiger partial charge in [0.05, 0.1) is 24.8 Å². The van der Waals surface area contributed by atoms with E-state index in [4.69, 9.17) is 19.2 Å². The minimum absolute atomic E-state index is 0.127. The molecule has 4 aromatic heterocycles. The number of ether oxygens (including phenoxy) is 1. The van der Waals surface area contributed by atoms with Crippen molar-refractivity contribution in [3.8, 4) is 11.5 Å². The Morgan fingerprint density at radius 3 is 2.40 bits per heavy atom. The summed E-state index contributed by atoms with van der Waals surface area (Å²) >= 11 is 0. The number of imidazole rings is 1. The highest BCUT2D eigenvalue weighted by molar-refractivity contribution is 5.89. The fraction of sp³-hybridized carbons (Fsp3) is 0.297. The van der Waals surface area contributed by atoms with Gasteiger partial charge in [0.2, 0.25) is 5.95 Å². The number of benzene rings is 2. The molecule has 2 aromatic carbocycles. The lowest BCUT2D eigenvalue weighted by molar-refractivity contribution is -0.0434. The summed E-state index contributed by atoms with van der Waals surface area (Å²) in [4.78, 5) is 33.2. The van der Waals surface area contributed by atoms with Crippen LogP contribution in [0.5, 0.6) is 11.5 Å². The highest BCUT2D eigenvalue weighted by Gasteiger charge is 2.47. The molecular formula is C37H38N10O8. The van der Waals surface area contributed by atoms with Crippen molar-refractivity contribution in [3.63, 3.8) is 0 Å². The molecular weight excluding hydrogens is 712 g/mol. The standard InChI is InChI=1S/C37H38N10O8/c48-18-24-14-28(55-45-24)32-30(51)31(52)35(54-32)47-19-40-29-33(39-16-27(20-3-7-25(49)8-4-20)21-5-9-26(50)10-6-21)43-36(44-34(29)47)46-13-11-23(17-46)42-37(53)41-22-2-1-12-38-15-22/h1-10,12,14-15,19,23,27,30-32,35,48-52H,11,13,16-18H2,(H,39,43,44)(H2,41,42,53)/t23-,30+,31+,32-,35-/m1/s1. The Labute approximate surface area is 313 Å². The molecule has 2 fully saturated rings. The first-order valence-corrected chi connectivity index (χ1v) is 17.6. The molecule has 6 aromatic rings. The minimum Gasteiger partial charge on any atom is -0.508 e. The molecule has 6 heterocycles. The number of aromatic nitrogens is 6. The number of phenolic OH excluding ortho intramolecular Hbond substituents is 2. The Morgan fingerprint density at radius 2 is 1.73 bits per heavy atom. The maximum absolute atomic E-state index is 12.8. The molecule has 2 aliphatic heterocycles. The number of carbonyl (C=O) groups is 1. The maximum Gasteiger partial charge on any atom is 0.319 e. The third kappa shape index (κ3) is 7.43. The number of pyridine rings is 1. The van der Waals surface area contributed by atoms with Gasteiger partial charge < -0.3 is 55.6 Å². The number of hydrogen-bond donors (Lipinski definition) is 8. The molecule has 5 atom stereocenters. The summed E-state index contributed by atoms with van der Waals surface area (Å²) in [5, 5.41) is 64.7. The number of fused-ring (bicyclic) bond motifs is 1. The van der Waals surface area contributed by atoms with Crippen molar-refractivity contribution >= 4 is 34.6 Å². The SMILES string of the molecule is O=C(Nc1cccnc1)N[C@@H]1CCN(c2nc(NCC(c3ccc(O)cc3)c3ccc(O)cc3)c3ncn([C@@H]4O[C@H](c5cc(CO)no5)[C@@H](O)[C@@H]4O)c3n2)C1. The van der Waals surface area contributed by atoms with Gasteiger partial charge in [0.1, 0.15) is 35.5 Å². The van der Waals surface area contributed by atoms with Gasteiger partial charge in [0.25, 0.3) is 0 Å². The van der Waals surface area contributed by atoms with E-state index in [0.29, 0.717) is 54.7 Å². The van der Waals surface area contributed by atoms with E-state index in [1.54, 1.807) is 48.8 Å². The first-order chi connectivity index (χ1) is 26.7. The summed E-state index contributed by atoms with van der Waals surface area (Å²) in [6.07, 6.45) is 0.170. The number of nitrogens with one attached hydrogen (secondary N) is 3. The van der Waals surface area contributed by atoms with Crippen LogP contribution >= 0.6 is 0 Å². The molecule has 284 valence electrons. The van der Waals surface area contributed by atoms with Crippen LogP contribution in [0.3, 0.4) is 0 Å². The van der Waals surface area contributed by atoms with Crippen molar-refractivity contribution in [2.24, 2.45) is 0 Å². The number of rotatable bonds is 11. The average Bonchev–Trinajstić information content (AvgIpc) is 4.01. The van der Waals surface area contributed by atoms with E-state index in [2.05, 4.69) is 31.1 Å². The Bertz CT molecular complexity index is 2210. The molecule has 0 unspecified atom stereocenters.